The average molecular weight is 452 g/mol. The van der Waals surface area contributed by atoms with Crippen molar-refractivity contribution in [3.8, 4) is 0 Å². The lowest BCUT2D eigenvalue weighted by Gasteiger charge is -2.13. The molecule has 0 unspecified atom stereocenters. The summed E-state index contributed by atoms with van der Waals surface area (Å²) in [4.78, 5) is 24.6. The third-order valence-corrected chi connectivity index (χ3v) is 8.89. The number of amides is 1. The number of esters is 1. The molecule has 0 spiro atoms. The monoisotopic (exact) mass is 451 g/mol. The van der Waals surface area contributed by atoms with E-state index in [1.807, 2.05) is 0 Å². The van der Waals surface area contributed by atoms with Gasteiger partial charge in [-0.05, 0) is 43.7 Å². The summed E-state index contributed by atoms with van der Waals surface area (Å²) in [5, 5.41) is 1.57. The van der Waals surface area contributed by atoms with Crippen LogP contribution >= 0.6 is 0 Å². The molecule has 1 aliphatic heterocycles. The molecule has 1 atom stereocenters. The first-order valence-electron chi connectivity index (χ1n) is 9.26. The zero-order chi connectivity index (χ0) is 21.9. The van der Waals surface area contributed by atoms with Crippen LogP contribution in [0.5, 0.6) is 0 Å². The van der Waals surface area contributed by atoms with Crippen molar-refractivity contribution in [3.05, 3.63) is 59.7 Å². The van der Waals surface area contributed by atoms with Gasteiger partial charge in [0.25, 0.3) is 5.91 Å². The molecule has 10 heteroatoms. The van der Waals surface area contributed by atoms with E-state index in [0.717, 1.165) is 0 Å². The number of rotatable bonds is 6. The number of para-hydroxylation sites is 1. The van der Waals surface area contributed by atoms with E-state index >= 15 is 0 Å². The standard InChI is InChI=1S/C20H21NO7S2/c1-2-28-20(23)17-8-3-4-9-18(17)21-19(22)14-6-5-7-15(12-14)30(26,27)16-10-11-29(24,25)13-16/h3-9,12,16H,2,10-11,13H2,1H3,(H,21,22)/t16-/m1/s1. The number of carbonyl (C=O) groups is 2. The van der Waals surface area contributed by atoms with E-state index in [4.69, 9.17) is 4.74 Å². The van der Waals surface area contributed by atoms with Gasteiger partial charge < -0.3 is 10.1 Å². The molecule has 1 aliphatic rings. The third kappa shape index (κ3) is 4.71. The van der Waals surface area contributed by atoms with Gasteiger partial charge in [-0.3, -0.25) is 4.79 Å². The molecule has 1 heterocycles. The number of benzene rings is 2. The molecule has 1 amide bonds. The smallest absolute Gasteiger partial charge is 0.340 e. The molecular weight excluding hydrogens is 430 g/mol. The minimum Gasteiger partial charge on any atom is -0.462 e. The Morgan fingerprint density at radius 2 is 1.87 bits per heavy atom. The average Bonchev–Trinajstić information content (AvgIpc) is 3.09. The van der Waals surface area contributed by atoms with E-state index in [1.165, 1.54) is 36.4 Å². The van der Waals surface area contributed by atoms with Crippen LogP contribution in [0.2, 0.25) is 0 Å². The van der Waals surface area contributed by atoms with Crippen LogP contribution in [0.25, 0.3) is 0 Å². The molecule has 1 fully saturated rings. The van der Waals surface area contributed by atoms with Gasteiger partial charge >= 0.3 is 5.97 Å². The first-order chi connectivity index (χ1) is 14.1. The van der Waals surface area contributed by atoms with Gasteiger partial charge in [-0.15, -0.1) is 0 Å². The number of ether oxygens (including phenoxy) is 1. The van der Waals surface area contributed by atoms with Gasteiger partial charge in [-0.1, -0.05) is 18.2 Å². The number of carbonyl (C=O) groups excluding carboxylic acids is 2. The Balaban J connectivity index is 1.85. The van der Waals surface area contributed by atoms with Crippen molar-refractivity contribution in [2.75, 3.05) is 23.4 Å². The fourth-order valence-electron chi connectivity index (χ4n) is 3.19. The van der Waals surface area contributed by atoms with Crippen LogP contribution in [-0.2, 0) is 24.4 Å². The van der Waals surface area contributed by atoms with E-state index in [9.17, 15) is 26.4 Å². The molecular formula is C20H21NO7S2. The van der Waals surface area contributed by atoms with Gasteiger partial charge in [-0.25, -0.2) is 21.6 Å². The first-order valence-corrected chi connectivity index (χ1v) is 12.6. The number of anilines is 1. The molecule has 2 aromatic rings. The lowest BCUT2D eigenvalue weighted by molar-refractivity contribution is 0.0527. The summed E-state index contributed by atoms with van der Waals surface area (Å²) >= 11 is 0. The largest absolute Gasteiger partial charge is 0.462 e. The molecule has 0 aromatic heterocycles. The van der Waals surface area contributed by atoms with Crippen LogP contribution in [0.1, 0.15) is 34.1 Å². The summed E-state index contributed by atoms with van der Waals surface area (Å²) in [5.41, 5.74) is 0.472. The lowest BCUT2D eigenvalue weighted by atomic mass is 10.1. The maximum atomic E-state index is 12.8. The van der Waals surface area contributed by atoms with Gasteiger partial charge in [-0.2, -0.15) is 0 Å². The lowest BCUT2D eigenvalue weighted by Crippen LogP contribution is -2.23. The summed E-state index contributed by atoms with van der Waals surface area (Å²) in [6.07, 6.45) is 0.0357. The van der Waals surface area contributed by atoms with E-state index < -0.39 is 42.6 Å². The SMILES string of the molecule is CCOC(=O)c1ccccc1NC(=O)c1cccc(S(=O)(=O)[C@@H]2CCS(=O)(=O)C2)c1. The molecule has 3 rings (SSSR count). The Labute approximate surface area is 175 Å². The molecule has 0 aliphatic carbocycles. The first kappa shape index (κ1) is 22.0. The Hall–Kier alpha value is -2.72. The van der Waals surface area contributed by atoms with Crippen LogP contribution in [0.15, 0.2) is 53.4 Å². The summed E-state index contributed by atoms with van der Waals surface area (Å²) in [6.45, 7) is 1.85. The summed E-state index contributed by atoms with van der Waals surface area (Å²) < 4.78 is 53.9. The van der Waals surface area contributed by atoms with E-state index in [1.54, 1.807) is 19.1 Å². The number of nitrogens with one attached hydrogen (secondary N) is 1. The maximum absolute atomic E-state index is 12.8. The summed E-state index contributed by atoms with van der Waals surface area (Å²) in [5.74, 6) is -1.78. The topological polar surface area (TPSA) is 124 Å². The number of hydrogen-bond donors (Lipinski definition) is 1. The second kappa shape index (κ2) is 8.57. The van der Waals surface area contributed by atoms with Crippen molar-refractivity contribution in [3.63, 3.8) is 0 Å². The van der Waals surface area contributed by atoms with E-state index in [2.05, 4.69) is 5.32 Å². The Bertz CT molecular complexity index is 1190. The molecule has 30 heavy (non-hydrogen) atoms. The van der Waals surface area contributed by atoms with Gasteiger partial charge in [0.2, 0.25) is 0 Å². The molecule has 1 saturated heterocycles. The van der Waals surface area contributed by atoms with E-state index in [-0.39, 0.29) is 40.5 Å². The van der Waals surface area contributed by atoms with Gasteiger partial charge in [0.1, 0.15) is 0 Å². The highest BCUT2D eigenvalue weighted by atomic mass is 32.2. The van der Waals surface area contributed by atoms with Crippen LogP contribution in [0.3, 0.4) is 0 Å². The van der Waals surface area contributed by atoms with Crippen molar-refractivity contribution in [1.82, 2.24) is 0 Å². The van der Waals surface area contributed by atoms with E-state index in [0.29, 0.717) is 0 Å². The fourth-order valence-corrected chi connectivity index (χ4v) is 7.59. The number of hydrogen-bond acceptors (Lipinski definition) is 7. The highest BCUT2D eigenvalue weighted by Gasteiger charge is 2.38. The van der Waals surface area contributed by atoms with Gasteiger partial charge in [0.15, 0.2) is 19.7 Å². The van der Waals surface area contributed by atoms with Crippen LogP contribution in [-0.4, -0.2) is 52.1 Å². The van der Waals surface area contributed by atoms with Crippen molar-refractivity contribution in [2.45, 2.75) is 23.5 Å². The Kier molecular flexibility index (Phi) is 6.27. The summed E-state index contributed by atoms with van der Waals surface area (Å²) in [7, 11) is -7.27. The molecule has 2 aromatic carbocycles. The molecule has 160 valence electrons. The molecule has 8 nitrogen and oxygen atoms in total. The second-order valence-electron chi connectivity index (χ2n) is 6.82. The number of sulfone groups is 2. The van der Waals surface area contributed by atoms with Crippen molar-refractivity contribution in [1.29, 1.82) is 0 Å². The highest BCUT2D eigenvalue weighted by Crippen LogP contribution is 2.26. The summed E-state index contributed by atoms with van der Waals surface area (Å²) in [6, 6.07) is 11.7. The van der Waals surface area contributed by atoms with Gasteiger partial charge in [0.05, 0.1) is 39.5 Å². The van der Waals surface area contributed by atoms with Crippen molar-refractivity contribution >= 4 is 37.2 Å². The van der Waals surface area contributed by atoms with Crippen LogP contribution in [0.4, 0.5) is 5.69 Å². The zero-order valence-corrected chi connectivity index (χ0v) is 17.8. The predicted octanol–water partition coefficient (Wildman–Crippen LogP) is 2.08. The predicted molar refractivity (Wildman–Crippen MR) is 111 cm³/mol. The fraction of sp³-hybridized carbons (Fsp3) is 0.300. The molecule has 0 saturated carbocycles. The molecule has 0 bridgehead atoms. The maximum Gasteiger partial charge on any atom is 0.340 e. The van der Waals surface area contributed by atoms with Crippen molar-refractivity contribution in [2.24, 2.45) is 0 Å². The molecule has 0 radical (unpaired) electrons. The quantitative estimate of drug-likeness (QED) is 0.667. The second-order valence-corrected chi connectivity index (χ2v) is 11.3. The minimum atomic E-state index is -3.90. The normalized spacial score (nSPS) is 18.0. The van der Waals surface area contributed by atoms with Crippen molar-refractivity contribution < 1.29 is 31.2 Å². The minimum absolute atomic E-state index is 0.0357. The van der Waals surface area contributed by atoms with Gasteiger partial charge in [0, 0.05) is 5.56 Å². The zero-order valence-electron chi connectivity index (χ0n) is 16.2. The molecule has 1 N–H and O–H groups in total. The highest BCUT2D eigenvalue weighted by molar-refractivity contribution is 7.96. The third-order valence-electron chi connectivity index (χ3n) is 4.72. The Morgan fingerprint density at radius 3 is 2.53 bits per heavy atom. The van der Waals surface area contributed by atoms with Crippen LogP contribution in [0, 0.1) is 0 Å². The van der Waals surface area contributed by atoms with Crippen LogP contribution < -0.4 is 5.32 Å². The Morgan fingerprint density at radius 1 is 1.13 bits per heavy atom.